The van der Waals surface area contributed by atoms with Crippen LogP contribution in [-0.2, 0) is 21.4 Å². The fourth-order valence-corrected chi connectivity index (χ4v) is 2.31. The quantitative estimate of drug-likeness (QED) is 0.860. The topological polar surface area (TPSA) is 55.7 Å². The van der Waals surface area contributed by atoms with Crippen molar-refractivity contribution < 1.29 is 13.2 Å². The molecule has 0 saturated carbocycles. The van der Waals surface area contributed by atoms with E-state index >= 15 is 0 Å². The molecule has 0 aliphatic carbocycles. The molecule has 0 radical (unpaired) electrons. The van der Waals surface area contributed by atoms with Crippen LogP contribution in [-0.4, -0.2) is 14.6 Å². The lowest BCUT2D eigenvalue weighted by atomic mass is 10.2. The van der Waals surface area contributed by atoms with Crippen LogP contribution >= 0.6 is 15.9 Å². The van der Waals surface area contributed by atoms with Gasteiger partial charge < -0.3 is 4.74 Å². The molecule has 0 saturated heterocycles. The first-order valence-electron chi connectivity index (χ1n) is 4.45. The maximum atomic E-state index is 11.0. The van der Waals surface area contributed by atoms with Crippen molar-refractivity contribution in [1.29, 1.82) is 0 Å². The SMILES string of the molecule is O=S1(=O)C=C(OCc2ccccc2Br)C=N1. The van der Waals surface area contributed by atoms with Crippen molar-refractivity contribution in [2.24, 2.45) is 4.40 Å². The van der Waals surface area contributed by atoms with Gasteiger partial charge in [-0.3, -0.25) is 0 Å². The van der Waals surface area contributed by atoms with Crippen molar-refractivity contribution in [3.63, 3.8) is 0 Å². The Morgan fingerprint density at radius 1 is 1.31 bits per heavy atom. The smallest absolute Gasteiger partial charge is 0.279 e. The Morgan fingerprint density at radius 3 is 2.69 bits per heavy atom. The predicted molar refractivity (Wildman–Crippen MR) is 64.4 cm³/mol. The molecule has 0 atom stereocenters. The normalized spacial score (nSPS) is 17.2. The van der Waals surface area contributed by atoms with E-state index in [2.05, 4.69) is 20.3 Å². The molecule has 0 fully saturated rings. The molecule has 0 aromatic heterocycles. The Balaban J connectivity index is 2.05. The van der Waals surface area contributed by atoms with E-state index in [1.807, 2.05) is 24.3 Å². The lowest BCUT2D eigenvalue weighted by Crippen LogP contribution is -1.94. The molecule has 0 amide bonds. The number of hydrogen-bond donors (Lipinski definition) is 0. The largest absolute Gasteiger partial charge is 0.486 e. The van der Waals surface area contributed by atoms with E-state index in [0.29, 0.717) is 6.61 Å². The second-order valence-electron chi connectivity index (χ2n) is 3.15. The highest BCUT2D eigenvalue weighted by Gasteiger charge is 2.13. The number of halogens is 1. The standard InChI is InChI=1S/C10H8BrNO3S/c11-10-4-2-1-3-8(10)6-15-9-5-12-16(13,14)7-9/h1-5,7H,6H2. The van der Waals surface area contributed by atoms with Crippen molar-refractivity contribution in [2.45, 2.75) is 6.61 Å². The molecule has 1 heterocycles. The molecule has 4 nitrogen and oxygen atoms in total. The summed E-state index contributed by atoms with van der Waals surface area (Å²) in [4.78, 5) is 0. The Hall–Kier alpha value is -1.14. The van der Waals surface area contributed by atoms with Gasteiger partial charge in [-0.2, -0.15) is 12.8 Å². The van der Waals surface area contributed by atoms with E-state index in [9.17, 15) is 8.42 Å². The van der Waals surface area contributed by atoms with E-state index in [4.69, 9.17) is 4.74 Å². The Morgan fingerprint density at radius 2 is 2.06 bits per heavy atom. The number of nitrogens with zero attached hydrogens (tertiary/aromatic N) is 1. The summed E-state index contributed by atoms with van der Waals surface area (Å²) in [6, 6.07) is 7.57. The first-order valence-corrected chi connectivity index (χ1v) is 6.75. The summed E-state index contributed by atoms with van der Waals surface area (Å²) in [5, 5.41) is 1.00. The molecule has 1 aromatic carbocycles. The van der Waals surface area contributed by atoms with Crippen molar-refractivity contribution in [3.8, 4) is 0 Å². The zero-order valence-corrected chi connectivity index (χ0v) is 10.5. The molecule has 2 rings (SSSR count). The van der Waals surface area contributed by atoms with Gasteiger partial charge in [0.2, 0.25) is 0 Å². The average molecular weight is 302 g/mol. The summed E-state index contributed by atoms with van der Waals surface area (Å²) in [5.41, 5.74) is 0.945. The minimum absolute atomic E-state index is 0.260. The third kappa shape index (κ3) is 2.70. The summed E-state index contributed by atoms with van der Waals surface area (Å²) >= 11 is 3.38. The van der Waals surface area contributed by atoms with Gasteiger partial charge in [-0.25, -0.2) is 0 Å². The molecule has 0 unspecified atom stereocenters. The van der Waals surface area contributed by atoms with Gasteiger partial charge in [0.1, 0.15) is 6.61 Å². The fourth-order valence-electron chi connectivity index (χ4n) is 1.18. The summed E-state index contributed by atoms with van der Waals surface area (Å²) in [6.07, 6.45) is 1.20. The summed E-state index contributed by atoms with van der Waals surface area (Å²) in [6.45, 7) is 0.300. The number of ether oxygens (including phenoxy) is 1. The molecule has 16 heavy (non-hydrogen) atoms. The maximum Gasteiger partial charge on any atom is 0.279 e. The van der Waals surface area contributed by atoms with E-state index in [1.54, 1.807) is 0 Å². The highest BCUT2D eigenvalue weighted by Crippen LogP contribution is 2.19. The van der Waals surface area contributed by atoms with Gasteiger partial charge in [-0.05, 0) is 6.07 Å². The van der Waals surface area contributed by atoms with Crippen LogP contribution in [0, 0.1) is 0 Å². The van der Waals surface area contributed by atoms with Gasteiger partial charge in [0, 0.05) is 10.0 Å². The van der Waals surface area contributed by atoms with Crippen molar-refractivity contribution >= 4 is 32.2 Å². The van der Waals surface area contributed by atoms with Crippen LogP contribution < -0.4 is 0 Å². The summed E-state index contributed by atoms with van der Waals surface area (Å²) < 4.78 is 31.4. The number of hydrogen-bond acceptors (Lipinski definition) is 3. The third-order valence-corrected chi connectivity index (χ3v) is 3.65. The van der Waals surface area contributed by atoms with Crippen LogP contribution in [0.5, 0.6) is 0 Å². The minimum atomic E-state index is -3.44. The first-order chi connectivity index (χ1) is 7.57. The van der Waals surface area contributed by atoms with Crippen LogP contribution in [0.25, 0.3) is 0 Å². The van der Waals surface area contributed by atoms with E-state index in [-0.39, 0.29) is 5.76 Å². The van der Waals surface area contributed by atoms with Gasteiger partial charge >= 0.3 is 0 Å². The van der Waals surface area contributed by atoms with Crippen LogP contribution in [0.3, 0.4) is 0 Å². The minimum Gasteiger partial charge on any atom is -0.486 e. The molecule has 6 heteroatoms. The Kier molecular flexibility index (Phi) is 3.11. The van der Waals surface area contributed by atoms with Gasteiger partial charge in [0.25, 0.3) is 10.0 Å². The highest BCUT2D eigenvalue weighted by molar-refractivity contribution is 9.10. The second-order valence-corrected chi connectivity index (χ2v) is 5.48. The summed E-state index contributed by atoms with van der Waals surface area (Å²) in [5.74, 6) is 0.260. The maximum absolute atomic E-state index is 11.0. The second kappa shape index (κ2) is 4.39. The highest BCUT2D eigenvalue weighted by atomic mass is 79.9. The predicted octanol–water partition coefficient (Wildman–Crippen LogP) is 2.22. The number of benzene rings is 1. The number of rotatable bonds is 3. The van der Waals surface area contributed by atoms with Gasteiger partial charge in [-0.1, -0.05) is 34.1 Å². The number of allylic oxidation sites excluding steroid dienone is 1. The molecule has 0 N–H and O–H groups in total. The lowest BCUT2D eigenvalue weighted by molar-refractivity contribution is 0.220. The summed E-state index contributed by atoms with van der Waals surface area (Å²) in [7, 11) is -3.44. The van der Waals surface area contributed by atoms with E-state index < -0.39 is 10.0 Å². The lowest BCUT2D eigenvalue weighted by Gasteiger charge is -2.05. The molecule has 1 aliphatic heterocycles. The molecular weight excluding hydrogens is 294 g/mol. The van der Waals surface area contributed by atoms with Crippen LogP contribution in [0.2, 0.25) is 0 Å². The van der Waals surface area contributed by atoms with Crippen molar-refractivity contribution in [2.75, 3.05) is 0 Å². The monoisotopic (exact) mass is 301 g/mol. The molecular formula is C10H8BrNO3S. The molecule has 1 aliphatic rings. The van der Waals surface area contributed by atoms with Crippen molar-refractivity contribution in [1.82, 2.24) is 0 Å². The van der Waals surface area contributed by atoms with E-state index in [1.165, 1.54) is 6.21 Å². The van der Waals surface area contributed by atoms with Crippen LogP contribution in [0.15, 0.2) is 44.3 Å². The zero-order chi connectivity index (χ0) is 11.6. The van der Waals surface area contributed by atoms with Gasteiger partial charge in [-0.15, -0.1) is 0 Å². The molecule has 0 spiro atoms. The van der Waals surface area contributed by atoms with Crippen LogP contribution in [0.4, 0.5) is 0 Å². The Bertz CT molecular complexity index is 563. The number of sulfonamides is 1. The van der Waals surface area contributed by atoms with E-state index in [0.717, 1.165) is 15.4 Å². The van der Waals surface area contributed by atoms with Gasteiger partial charge in [0.05, 0.1) is 11.6 Å². The van der Waals surface area contributed by atoms with Crippen LogP contribution in [0.1, 0.15) is 5.56 Å². The average Bonchev–Trinajstić information content (AvgIpc) is 2.57. The Labute approximate surface area is 102 Å². The molecule has 0 bridgehead atoms. The molecule has 1 aromatic rings. The van der Waals surface area contributed by atoms with Crippen molar-refractivity contribution in [3.05, 3.63) is 45.5 Å². The van der Waals surface area contributed by atoms with Gasteiger partial charge in [0.15, 0.2) is 5.76 Å². The fraction of sp³-hybridized carbons (Fsp3) is 0.100. The zero-order valence-electron chi connectivity index (χ0n) is 8.13. The third-order valence-electron chi connectivity index (χ3n) is 1.94. The first kappa shape index (κ1) is 11.3. The molecule has 84 valence electrons.